The Bertz CT molecular complexity index is 620. The largest absolute Gasteiger partial charge is 0.334 e. The number of nitrogens with zero attached hydrogens (tertiary/aromatic N) is 2. The molecule has 8 heteroatoms. The summed E-state index contributed by atoms with van der Waals surface area (Å²) in [5.41, 5.74) is 2.30. The molecule has 19 heavy (non-hydrogen) atoms. The van der Waals surface area contributed by atoms with Gasteiger partial charge in [-0.15, -0.1) is 0 Å². The molecular formula is C11H10BrF2N5. The summed E-state index contributed by atoms with van der Waals surface area (Å²) in [4.78, 5) is 7.80. The smallest absolute Gasteiger partial charge is 0.239 e. The van der Waals surface area contributed by atoms with Crippen molar-refractivity contribution in [1.29, 1.82) is 0 Å². The third kappa shape index (κ3) is 2.79. The van der Waals surface area contributed by atoms with E-state index in [0.29, 0.717) is 10.0 Å². The zero-order valence-electron chi connectivity index (χ0n) is 9.84. The maximum Gasteiger partial charge on any atom is 0.239 e. The maximum absolute atomic E-state index is 13.9. The summed E-state index contributed by atoms with van der Waals surface area (Å²) in [7, 11) is 0. The van der Waals surface area contributed by atoms with Crippen LogP contribution in [0.2, 0.25) is 0 Å². The summed E-state index contributed by atoms with van der Waals surface area (Å²) < 4.78 is 27.9. The van der Waals surface area contributed by atoms with E-state index < -0.39 is 11.6 Å². The monoisotopic (exact) mass is 329 g/mol. The van der Waals surface area contributed by atoms with Gasteiger partial charge in [0.2, 0.25) is 5.95 Å². The van der Waals surface area contributed by atoms with Crippen molar-refractivity contribution in [3.63, 3.8) is 0 Å². The fourth-order valence-corrected chi connectivity index (χ4v) is 1.70. The van der Waals surface area contributed by atoms with Gasteiger partial charge in [0, 0.05) is 6.20 Å². The van der Waals surface area contributed by atoms with Crippen LogP contribution in [0.25, 0.3) is 0 Å². The Hall–Kier alpha value is -1.80. The summed E-state index contributed by atoms with van der Waals surface area (Å²) in [6.45, 7) is 1.54. The summed E-state index contributed by atoms with van der Waals surface area (Å²) in [5.74, 6) is 4.12. The maximum atomic E-state index is 13.9. The van der Waals surface area contributed by atoms with Crippen LogP contribution < -0.4 is 16.6 Å². The Kier molecular flexibility index (Phi) is 3.91. The molecule has 0 unspecified atom stereocenters. The number of hydrogen-bond donors (Lipinski definition) is 3. The van der Waals surface area contributed by atoms with Crippen LogP contribution in [0, 0.1) is 18.6 Å². The van der Waals surface area contributed by atoms with Crippen LogP contribution in [0.3, 0.4) is 0 Å². The zero-order valence-corrected chi connectivity index (χ0v) is 11.4. The van der Waals surface area contributed by atoms with Crippen molar-refractivity contribution >= 4 is 33.4 Å². The number of aromatic nitrogens is 2. The Balaban J connectivity index is 2.44. The minimum absolute atomic E-state index is 0.124. The van der Waals surface area contributed by atoms with Crippen molar-refractivity contribution in [2.75, 3.05) is 10.7 Å². The molecule has 1 heterocycles. The molecule has 5 nitrogen and oxygen atoms in total. The average Bonchev–Trinajstić information content (AvgIpc) is 2.41. The van der Waals surface area contributed by atoms with Gasteiger partial charge < -0.3 is 5.32 Å². The molecule has 0 amide bonds. The van der Waals surface area contributed by atoms with E-state index in [0.717, 1.165) is 0 Å². The molecule has 2 rings (SSSR count). The number of anilines is 3. The topological polar surface area (TPSA) is 75.9 Å². The third-order valence-electron chi connectivity index (χ3n) is 2.40. The van der Waals surface area contributed by atoms with Crippen LogP contribution in [-0.4, -0.2) is 9.97 Å². The van der Waals surface area contributed by atoms with Crippen LogP contribution in [0.5, 0.6) is 0 Å². The van der Waals surface area contributed by atoms with Gasteiger partial charge in [0.1, 0.15) is 11.5 Å². The van der Waals surface area contributed by atoms with Crippen molar-refractivity contribution in [2.45, 2.75) is 6.92 Å². The highest BCUT2D eigenvalue weighted by Gasteiger charge is 2.14. The van der Waals surface area contributed by atoms with Gasteiger partial charge in [0.15, 0.2) is 11.6 Å². The molecule has 0 spiro atoms. The Morgan fingerprint density at radius 3 is 2.74 bits per heavy atom. The van der Waals surface area contributed by atoms with Crippen LogP contribution in [0.4, 0.5) is 26.2 Å². The van der Waals surface area contributed by atoms with E-state index in [4.69, 9.17) is 5.84 Å². The Labute approximate surface area is 116 Å². The van der Waals surface area contributed by atoms with Gasteiger partial charge in [0.05, 0.1) is 4.47 Å². The van der Waals surface area contributed by atoms with Crippen LogP contribution >= 0.6 is 15.9 Å². The molecule has 0 saturated carbocycles. The average molecular weight is 330 g/mol. The number of rotatable bonds is 3. The normalized spacial score (nSPS) is 10.4. The Morgan fingerprint density at radius 2 is 2.05 bits per heavy atom. The summed E-state index contributed by atoms with van der Waals surface area (Å²) in [6, 6.07) is 2.54. The van der Waals surface area contributed by atoms with E-state index in [1.807, 2.05) is 0 Å². The fraction of sp³-hybridized carbons (Fsp3) is 0.0909. The predicted octanol–water partition coefficient (Wildman–Crippen LogP) is 2.85. The molecule has 0 aliphatic carbocycles. The van der Waals surface area contributed by atoms with E-state index >= 15 is 0 Å². The lowest BCUT2D eigenvalue weighted by Gasteiger charge is -2.11. The van der Waals surface area contributed by atoms with E-state index in [2.05, 4.69) is 36.6 Å². The van der Waals surface area contributed by atoms with Gasteiger partial charge in [-0.25, -0.2) is 19.6 Å². The van der Waals surface area contributed by atoms with Crippen molar-refractivity contribution in [2.24, 2.45) is 5.84 Å². The molecule has 100 valence electrons. The van der Waals surface area contributed by atoms with Gasteiger partial charge >= 0.3 is 0 Å². The lowest BCUT2D eigenvalue weighted by Crippen LogP contribution is -2.11. The van der Waals surface area contributed by atoms with E-state index in [1.54, 1.807) is 6.92 Å². The molecule has 0 fully saturated rings. The van der Waals surface area contributed by atoms with Crippen molar-refractivity contribution in [3.05, 3.63) is 40.0 Å². The first-order chi connectivity index (χ1) is 9.02. The number of hydrogen-bond acceptors (Lipinski definition) is 5. The highest BCUT2D eigenvalue weighted by Crippen LogP contribution is 2.28. The lowest BCUT2D eigenvalue weighted by atomic mass is 10.2. The predicted molar refractivity (Wildman–Crippen MR) is 71.9 cm³/mol. The first kappa shape index (κ1) is 13.6. The van der Waals surface area contributed by atoms with Crippen molar-refractivity contribution < 1.29 is 8.78 Å². The highest BCUT2D eigenvalue weighted by atomic mass is 79.9. The minimum Gasteiger partial charge on any atom is -0.334 e. The molecule has 0 aliphatic heterocycles. The van der Waals surface area contributed by atoms with Crippen molar-refractivity contribution in [3.8, 4) is 0 Å². The van der Waals surface area contributed by atoms with Gasteiger partial charge in [-0.2, -0.15) is 4.98 Å². The number of hydrazine groups is 1. The molecule has 0 saturated heterocycles. The van der Waals surface area contributed by atoms with Gasteiger partial charge in [-0.05, 0) is 34.5 Å². The molecule has 0 radical (unpaired) electrons. The van der Waals surface area contributed by atoms with Gasteiger partial charge in [-0.3, -0.25) is 5.43 Å². The summed E-state index contributed by atoms with van der Waals surface area (Å²) in [6.07, 6.45) is 1.41. The van der Waals surface area contributed by atoms with Crippen LogP contribution in [0.15, 0.2) is 22.8 Å². The molecular weight excluding hydrogens is 320 g/mol. The second kappa shape index (κ2) is 5.45. The standard InChI is InChI=1S/C11H10BrF2N5/c1-5-2-3-7(13)9(8(5)14)17-10-6(12)4-16-11(18-10)19-15/h2-4H,15H2,1H3,(H2,16,17,18,19). The lowest BCUT2D eigenvalue weighted by molar-refractivity contribution is 0.584. The highest BCUT2D eigenvalue weighted by molar-refractivity contribution is 9.10. The second-order valence-electron chi connectivity index (χ2n) is 3.71. The van der Waals surface area contributed by atoms with Crippen molar-refractivity contribution in [1.82, 2.24) is 9.97 Å². The number of benzene rings is 1. The summed E-state index contributed by atoms with van der Waals surface area (Å²) >= 11 is 3.18. The molecule has 1 aromatic carbocycles. The van der Waals surface area contributed by atoms with E-state index in [-0.39, 0.29) is 17.5 Å². The summed E-state index contributed by atoms with van der Waals surface area (Å²) in [5, 5.41) is 2.58. The molecule has 0 bridgehead atoms. The van der Waals surface area contributed by atoms with Gasteiger partial charge in [0.25, 0.3) is 0 Å². The number of nitrogens with one attached hydrogen (secondary N) is 2. The quantitative estimate of drug-likeness (QED) is 0.596. The Morgan fingerprint density at radius 1 is 1.32 bits per heavy atom. The van der Waals surface area contributed by atoms with Gasteiger partial charge in [-0.1, -0.05) is 6.07 Å². The molecule has 0 atom stereocenters. The third-order valence-corrected chi connectivity index (χ3v) is 2.98. The van der Waals surface area contributed by atoms with Crippen LogP contribution in [-0.2, 0) is 0 Å². The van der Waals surface area contributed by atoms with E-state index in [9.17, 15) is 8.78 Å². The molecule has 1 aromatic heterocycles. The second-order valence-corrected chi connectivity index (χ2v) is 4.57. The number of halogens is 3. The molecule has 0 aliphatic rings. The van der Waals surface area contributed by atoms with E-state index in [1.165, 1.54) is 18.3 Å². The molecule has 2 aromatic rings. The number of nitrogen functional groups attached to an aromatic ring is 1. The SMILES string of the molecule is Cc1ccc(F)c(Nc2nc(NN)ncc2Br)c1F. The molecule has 4 N–H and O–H groups in total. The minimum atomic E-state index is -0.712. The van der Waals surface area contributed by atoms with Crippen LogP contribution in [0.1, 0.15) is 5.56 Å². The fourth-order valence-electron chi connectivity index (χ4n) is 1.41. The number of aryl methyl sites for hydroxylation is 1. The number of nitrogens with two attached hydrogens (primary N) is 1. The first-order valence-corrected chi connectivity index (χ1v) is 6.03. The zero-order chi connectivity index (χ0) is 14.0. The first-order valence-electron chi connectivity index (χ1n) is 5.23.